The standard InChI is InChI=1S/C20H21FN2O2/c1-13-9-10-15(12-14(13)2)22-19(24)18-8-5-11-23(18)20(25)16-6-3-4-7-17(16)21/h3-4,6-7,9-10,12,18H,5,8,11H2,1-2H3,(H,22,24). The summed E-state index contributed by atoms with van der Waals surface area (Å²) in [5.41, 5.74) is 2.95. The number of nitrogens with zero attached hydrogens (tertiary/aromatic N) is 1. The molecule has 5 heteroatoms. The smallest absolute Gasteiger partial charge is 0.257 e. The van der Waals surface area contributed by atoms with Crippen molar-refractivity contribution in [2.75, 3.05) is 11.9 Å². The maximum absolute atomic E-state index is 13.9. The molecule has 1 unspecified atom stereocenters. The van der Waals surface area contributed by atoms with Crippen molar-refractivity contribution in [3.63, 3.8) is 0 Å². The first-order chi connectivity index (χ1) is 12.0. The van der Waals surface area contributed by atoms with Crippen LogP contribution in [0.3, 0.4) is 0 Å². The number of anilines is 1. The van der Waals surface area contributed by atoms with E-state index in [-0.39, 0.29) is 11.5 Å². The summed E-state index contributed by atoms with van der Waals surface area (Å²) in [5.74, 6) is -1.23. The second-order valence-corrected chi connectivity index (χ2v) is 6.42. The summed E-state index contributed by atoms with van der Waals surface area (Å²) in [6.45, 7) is 4.44. The van der Waals surface area contributed by atoms with Crippen LogP contribution in [0, 0.1) is 19.7 Å². The highest BCUT2D eigenvalue weighted by Gasteiger charge is 2.35. The molecular weight excluding hydrogens is 319 g/mol. The normalized spacial score (nSPS) is 16.8. The lowest BCUT2D eigenvalue weighted by Gasteiger charge is -2.24. The van der Waals surface area contributed by atoms with Crippen LogP contribution in [-0.2, 0) is 4.79 Å². The molecule has 1 N–H and O–H groups in total. The Hall–Kier alpha value is -2.69. The topological polar surface area (TPSA) is 49.4 Å². The highest BCUT2D eigenvalue weighted by atomic mass is 19.1. The minimum atomic E-state index is -0.575. The Kier molecular flexibility index (Phi) is 4.83. The molecule has 0 aliphatic carbocycles. The summed E-state index contributed by atoms with van der Waals surface area (Å²) in [7, 11) is 0. The SMILES string of the molecule is Cc1ccc(NC(=O)C2CCCN2C(=O)c2ccccc2F)cc1C. The number of benzene rings is 2. The van der Waals surface area contributed by atoms with Gasteiger partial charge in [-0.25, -0.2) is 4.39 Å². The number of nitrogens with one attached hydrogen (secondary N) is 1. The molecule has 4 nitrogen and oxygen atoms in total. The average Bonchev–Trinajstić information content (AvgIpc) is 3.08. The lowest BCUT2D eigenvalue weighted by molar-refractivity contribution is -0.119. The van der Waals surface area contributed by atoms with Crippen molar-refractivity contribution in [1.29, 1.82) is 0 Å². The largest absolute Gasteiger partial charge is 0.327 e. The first-order valence-electron chi connectivity index (χ1n) is 8.41. The highest BCUT2D eigenvalue weighted by molar-refractivity contribution is 6.01. The van der Waals surface area contributed by atoms with E-state index in [0.717, 1.165) is 17.5 Å². The molecule has 0 bridgehead atoms. The second-order valence-electron chi connectivity index (χ2n) is 6.42. The van der Waals surface area contributed by atoms with Crippen molar-refractivity contribution >= 4 is 17.5 Å². The number of hydrogen-bond acceptors (Lipinski definition) is 2. The van der Waals surface area contributed by atoms with E-state index in [0.29, 0.717) is 18.7 Å². The molecule has 1 aliphatic rings. The Balaban J connectivity index is 1.76. The van der Waals surface area contributed by atoms with Crippen LogP contribution in [0.15, 0.2) is 42.5 Å². The number of carbonyl (C=O) groups is 2. The average molecular weight is 340 g/mol. The Morgan fingerprint density at radius 1 is 1.12 bits per heavy atom. The Bertz CT molecular complexity index is 819. The lowest BCUT2D eigenvalue weighted by Crippen LogP contribution is -2.43. The van der Waals surface area contributed by atoms with Gasteiger partial charge in [0.15, 0.2) is 0 Å². The van der Waals surface area contributed by atoms with E-state index in [1.807, 2.05) is 32.0 Å². The fourth-order valence-electron chi connectivity index (χ4n) is 3.12. The summed E-state index contributed by atoms with van der Waals surface area (Å²) in [6, 6.07) is 11.0. The van der Waals surface area contributed by atoms with Crippen LogP contribution < -0.4 is 5.32 Å². The molecule has 2 aromatic rings. The highest BCUT2D eigenvalue weighted by Crippen LogP contribution is 2.23. The Morgan fingerprint density at radius 3 is 2.60 bits per heavy atom. The van der Waals surface area contributed by atoms with Gasteiger partial charge in [0.1, 0.15) is 11.9 Å². The number of hydrogen-bond donors (Lipinski definition) is 1. The van der Waals surface area contributed by atoms with Gasteiger partial charge in [0.05, 0.1) is 5.56 Å². The van der Waals surface area contributed by atoms with Gasteiger partial charge in [-0.05, 0) is 62.1 Å². The van der Waals surface area contributed by atoms with E-state index in [4.69, 9.17) is 0 Å². The molecule has 25 heavy (non-hydrogen) atoms. The van der Waals surface area contributed by atoms with Gasteiger partial charge in [-0.2, -0.15) is 0 Å². The maximum Gasteiger partial charge on any atom is 0.257 e. The molecule has 130 valence electrons. The van der Waals surface area contributed by atoms with Crippen LogP contribution in [0.5, 0.6) is 0 Å². The summed E-state index contributed by atoms with van der Waals surface area (Å²) in [5, 5.41) is 2.88. The number of likely N-dealkylation sites (tertiary alicyclic amines) is 1. The van der Waals surface area contributed by atoms with Gasteiger partial charge in [0.2, 0.25) is 5.91 Å². The minimum Gasteiger partial charge on any atom is -0.327 e. The molecule has 0 radical (unpaired) electrons. The monoisotopic (exact) mass is 340 g/mol. The van der Waals surface area contributed by atoms with E-state index in [1.54, 1.807) is 12.1 Å². The van der Waals surface area contributed by atoms with Crippen molar-refractivity contribution in [3.05, 3.63) is 65.0 Å². The van der Waals surface area contributed by atoms with Gasteiger partial charge in [0.25, 0.3) is 5.91 Å². The van der Waals surface area contributed by atoms with Gasteiger partial charge in [-0.1, -0.05) is 18.2 Å². The van der Waals surface area contributed by atoms with Gasteiger partial charge >= 0.3 is 0 Å². The second kappa shape index (κ2) is 7.05. The third-order valence-corrected chi connectivity index (χ3v) is 4.70. The summed E-state index contributed by atoms with van der Waals surface area (Å²) in [6.07, 6.45) is 1.31. The first kappa shape index (κ1) is 17.1. The number of amides is 2. The van der Waals surface area contributed by atoms with E-state index >= 15 is 0 Å². The van der Waals surface area contributed by atoms with Crippen LogP contribution in [-0.4, -0.2) is 29.3 Å². The van der Waals surface area contributed by atoms with Crippen LogP contribution in [0.4, 0.5) is 10.1 Å². The van der Waals surface area contributed by atoms with Crippen LogP contribution in [0.1, 0.15) is 34.3 Å². The molecule has 0 aromatic heterocycles. The molecule has 0 saturated carbocycles. The fraction of sp³-hybridized carbons (Fsp3) is 0.300. The maximum atomic E-state index is 13.9. The summed E-state index contributed by atoms with van der Waals surface area (Å²) < 4.78 is 13.9. The van der Waals surface area contributed by atoms with Crippen LogP contribution in [0.25, 0.3) is 0 Å². The molecule has 3 rings (SSSR count). The zero-order valence-corrected chi connectivity index (χ0v) is 14.4. The summed E-state index contributed by atoms with van der Waals surface area (Å²) >= 11 is 0. The van der Waals surface area contributed by atoms with E-state index in [2.05, 4.69) is 5.32 Å². The number of carbonyl (C=O) groups excluding carboxylic acids is 2. The quantitative estimate of drug-likeness (QED) is 0.926. The molecular formula is C20H21FN2O2. The van der Waals surface area contributed by atoms with E-state index in [1.165, 1.54) is 17.0 Å². The molecule has 1 heterocycles. The third-order valence-electron chi connectivity index (χ3n) is 4.70. The van der Waals surface area contributed by atoms with E-state index in [9.17, 15) is 14.0 Å². The van der Waals surface area contributed by atoms with Gasteiger partial charge in [0, 0.05) is 12.2 Å². The van der Waals surface area contributed by atoms with Crippen molar-refractivity contribution in [3.8, 4) is 0 Å². The fourth-order valence-corrected chi connectivity index (χ4v) is 3.12. The molecule has 0 spiro atoms. The van der Waals surface area contributed by atoms with Crippen molar-refractivity contribution < 1.29 is 14.0 Å². The predicted molar refractivity (Wildman–Crippen MR) is 95.0 cm³/mol. The molecule has 2 amide bonds. The predicted octanol–water partition coefficient (Wildman–Crippen LogP) is 3.69. The first-order valence-corrected chi connectivity index (χ1v) is 8.41. The Labute approximate surface area is 146 Å². The number of aryl methyl sites for hydroxylation is 2. The molecule has 1 fully saturated rings. The van der Waals surface area contributed by atoms with Crippen LogP contribution >= 0.6 is 0 Å². The van der Waals surface area contributed by atoms with E-state index < -0.39 is 17.8 Å². The number of rotatable bonds is 3. The van der Waals surface area contributed by atoms with Crippen molar-refractivity contribution in [2.24, 2.45) is 0 Å². The van der Waals surface area contributed by atoms with Crippen LogP contribution in [0.2, 0.25) is 0 Å². The minimum absolute atomic E-state index is 0.00776. The molecule has 1 aliphatic heterocycles. The Morgan fingerprint density at radius 2 is 1.88 bits per heavy atom. The van der Waals surface area contributed by atoms with Gasteiger partial charge in [-0.15, -0.1) is 0 Å². The molecule has 1 saturated heterocycles. The third kappa shape index (κ3) is 3.55. The lowest BCUT2D eigenvalue weighted by atomic mass is 10.1. The van der Waals surface area contributed by atoms with Gasteiger partial charge < -0.3 is 10.2 Å². The zero-order valence-electron chi connectivity index (χ0n) is 14.4. The van der Waals surface area contributed by atoms with Gasteiger partial charge in [-0.3, -0.25) is 9.59 Å². The molecule has 2 aromatic carbocycles. The summed E-state index contributed by atoms with van der Waals surface area (Å²) in [4.78, 5) is 26.8. The molecule has 1 atom stereocenters. The number of halogens is 1. The van der Waals surface area contributed by atoms with Crippen molar-refractivity contribution in [2.45, 2.75) is 32.7 Å². The zero-order chi connectivity index (χ0) is 18.0. The van der Waals surface area contributed by atoms with Crippen molar-refractivity contribution in [1.82, 2.24) is 4.90 Å².